The molecule has 0 bridgehead atoms. The molecule has 144 valence electrons. The summed E-state index contributed by atoms with van der Waals surface area (Å²) in [6.45, 7) is 6.57. The van der Waals surface area contributed by atoms with Crippen molar-refractivity contribution in [3.63, 3.8) is 0 Å². The van der Waals surface area contributed by atoms with Gasteiger partial charge in [0.25, 0.3) is 0 Å². The third-order valence-corrected chi connectivity index (χ3v) is 9.07. The molecule has 0 aromatic rings. The second-order valence-corrected chi connectivity index (χ2v) is 9.91. The fraction of sp³-hybridized carbons (Fsp3) is 0.818. The van der Waals surface area contributed by atoms with E-state index in [1.807, 2.05) is 18.9 Å². The smallest absolute Gasteiger partial charge is 0.550 e. The van der Waals surface area contributed by atoms with Gasteiger partial charge >= 0.3 is 29.6 Å². The maximum Gasteiger partial charge on any atom is 1.00 e. The van der Waals surface area contributed by atoms with Crippen LogP contribution in [0.2, 0.25) is 0 Å². The van der Waals surface area contributed by atoms with E-state index in [9.17, 15) is 14.7 Å². The zero-order chi connectivity index (χ0) is 18.9. The average molecular weight is 381 g/mol. The number of piperidine rings is 1. The van der Waals surface area contributed by atoms with Crippen molar-refractivity contribution in [2.75, 3.05) is 7.05 Å². The number of hydrogen-bond donors (Lipinski definition) is 0. The van der Waals surface area contributed by atoms with Gasteiger partial charge in [-0.2, -0.15) is 0 Å². The molecule has 0 spiro atoms. The number of carboxylic acids is 1. The van der Waals surface area contributed by atoms with Gasteiger partial charge in [0, 0.05) is 30.5 Å². The van der Waals surface area contributed by atoms with Gasteiger partial charge in [-0.1, -0.05) is 26.8 Å². The van der Waals surface area contributed by atoms with Crippen LogP contribution in [-0.4, -0.2) is 23.8 Å². The van der Waals surface area contributed by atoms with Crippen LogP contribution in [0, 0.1) is 40.4 Å². The molecule has 3 aliphatic carbocycles. The van der Waals surface area contributed by atoms with Gasteiger partial charge in [-0.25, -0.2) is 0 Å². The van der Waals surface area contributed by atoms with Gasteiger partial charge in [-0.3, -0.25) is 4.79 Å². The number of rotatable bonds is 2. The summed E-state index contributed by atoms with van der Waals surface area (Å²) in [7, 11) is 1.94. The largest absolute Gasteiger partial charge is 1.00 e. The minimum absolute atomic E-state index is 0. The first kappa shape index (κ1) is 21.4. The second kappa shape index (κ2) is 7.18. The summed E-state index contributed by atoms with van der Waals surface area (Å²) < 4.78 is 0. The maximum atomic E-state index is 12.2. The summed E-state index contributed by atoms with van der Waals surface area (Å²) in [5, 5.41) is 11.5. The molecule has 0 radical (unpaired) electrons. The standard InChI is InChI=1S/C22H33NO3.Na/c1-13(20(25)26)15-6-7-16-14-5-8-18-22(3,12-10-19(24)23(18)4)17(14)9-11-21(15,16)2;/h8,13-17H,5-7,9-12H2,1-4H3,(H,25,26);/q;+1/p-1/t13?,14-,15+,16-,17-,21+,22+;/m0./s1. The van der Waals surface area contributed by atoms with Gasteiger partial charge in [0.2, 0.25) is 5.91 Å². The normalized spacial score (nSPS) is 44.4. The number of allylic oxidation sites excluding steroid dienone is 2. The maximum absolute atomic E-state index is 12.2. The van der Waals surface area contributed by atoms with Crippen LogP contribution in [0.3, 0.4) is 0 Å². The van der Waals surface area contributed by atoms with Crippen LogP contribution >= 0.6 is 0 Å². The predicted octanol–water partition coefficient (Wildman–Crippen LogP) is -0.0188. The van der Waals surface area contributed by atoms with E-state index < -0.39 is 5.97 Å². The Morgan fingerprint density at radius 1 is 1.22 bits per heavy atom. The van der Waals surface area contributed by atoms with Gasteiger partial charge < -0.3 is 14.8 Å². The van der Waals surface area contributed by atoms with Crippen LogP contribution < -0.4 is 34.7 Å². The molecule has 0 aromatic heterocycles. The molecule has 3 fully saturated rings. The van der Waals surface area contributed by atoms with Crippen LogP contribution in [0.5, 0.6) is 0 Å². The molecule has 4 aliphatic rings. The molecule has 27 heavy (non-hydrogen) atoms. The molecule has 0 aromatic carbocycles. The van der Waals surface area contributed by atoms with E-state index in [0.29, 0.717) is 24.2 Å². The van der Waals surface area contributed by atoms with Gasteiger partial charge in [-0.05, 0) is 73.5 Å². The number of hydrogen-bond acceptors (Lipinski definition) is 3. The second-order valence-electron chi connectivity index (χ2n) is 9.91. The Morgan fingerprint density at radius 3 is 2.59 bits per heavy atom. The molecular weight excluding hydrogens is 349 g/mol. The van der Waals surface area contributed by atoms with E-state index in [1.165, 1.54) is 5.70 Å². The van der Waals surface area contributed by atoms with Crippen LogP contribution in [0.25, 0.3) is 0 Å². The summed E-state index contributed by atoms with van der Waals surface area (Å²) in [6, 6.07) is 0. The third-order valence-electron chi connectivity index (χ3n) is 9.07. The molecule has 1 amide bonds. The molecule has 0 N–H and O–H groups in total. The molecule has 1 heterocycles. The summed E-state index contributed by atoms with van der Waals surface area (Å²) in [5.74, 6) is 1.10. The van der Waals surface area contributed by atoms with Crippen LogP contribution in [0.15, 0.2) is 11.8 Å². The predicted molar refractivity (Wildman–Crippen MR) is 97.5 cm³/mol. The number of carbonyl (C=O) groups excluding carboxylic acids is 2. The van der Waals surface area contributed by atoms with Crippen molar-refractivity contribution < 1.29 is 44.3 Å². The van der Waals surface area contributed by atoms with Gasteiger partial charge in [0.15, 0.2) is 0 Å². The first-order valence-corrected chi connectivity index (χ1v) is 10.4. The Hall–Kier alpha value is -0.320. The van der Waals surface area contributed by atoms with Crippen LogP contribution in [0.4, 0.5) is 0 Å². The minimum Gasteiger partial charge on any atom is -0.550 e. The molecule has 2 saturated carbocycles. The number of carbonyl (C=O) groups is 2. The summed E-state index contributed by atoms with van der Waals surface area (Å²) in [4.78, 5) is 25.6. The van der Waals surface area contributed by atoms with Gasteiger partial charge in [0.1, 0.15) is 0 Å². The third kappa shape index (κ3) is 2.97. The van der Waals surface area contributed by atoms with Crippen molar-refractivity contribution in [2.24, 2.45) is 40.4 Å². The number of fused-ring (bicyclic) bond motifs is 5. The number of likely N-dealkylation sites (tertiary alicyclic amines) is 1. The Balaban J connectivity index is 0.00000210. The van der Waals surface area contributed by atoms with Crippen LogP contribution in [-0.2, 0) is 9.59 Å². The fourth-order valence-electron chi connectivity index (χ4n) is 7.61. The van der Waals surface area contributed by atoms with E-state index in [1.54, 1.807) is 0 Å². The van der Waals surface area contributed by atoms with Crippen molar-refractivity contribution in [1.29, 1.82) is 0 Å². The number of aliphatic carboxylic acids is 1. The molecule has 4 rings (SSSR count). The van der Waals surface area contributed by atoms with Crippen molar-refractivity contribution in [2.45, 2.75) is 65.7 Å². The first-order chi connectivity index (χ1) is 12.2. The zero-order valence-corrected chi connectivity index (χ0v) is 19.6. The molecule has 1 aliphatic heterocycles. The first-order valence-electron chi connectivity index (χ1n) is 10.4. The SMILES string of the molecule is CC(C(=O)[O-])[C@H]1CC[C@H]2[C@@H]3CC=C4N(C)C(=O)CC[C@]4(C)[C@H]3CC[C@]12C.[Na+]. The van der Waals surface area contributed by atoms with Gasteiger partial charge in [0.05, 0.1) is 0 Å². The summed E-state index contributed by atoms with van der Waals surface area (Å²) in [5.41, 5.74) is 1.47. The zero-order valence-electron chi connectivity index (χ0n) is 17.6. The Morgan fingerprint density at radius 2 is 1.93 bits per heavy atom. The quantitative estimate of drug-likeness (QED) is 0.632. The van der Waals surface area contributed by atoms with Gasteiger partial charge in [-0.15, -0.1) is 0 Å². The van der Waals surface area contributed by atoms with E-state index in [0.717, 1.165) is 38.5 Å². The Kier molecular flexibility index (Phi) is 5.69. The monoisotopic (exact) mass is 381 g/mol. The van der Waals surface area contributed by atoms with E-state index >= 15 is 0 Å². The molecule has 1 saturated heterocycles. The number of carboxylic acid groups (broad SMARTS) is 1. The molecular formula is C22H32NNaO3. The minimum atomic E-state index is -0.885. The van der Waals surface area contributed by atoms with Crippen LogP contribution in [0.1, 0.15) is 65.7 Å². The summed E-state index contributed by atoms with van der Waals surface area (Å²) >= 11 is 0. The van der Waals surface area contributed by atoms with E-state index in [4.69, 9.17) is 0 Å². The molecule has 5 heteroatoms. The molecule has 7 atom stereocenters. The molecule has 1 unspecified atom stereocenters. The van der Waals surface area contributed by atoms with E-state index in [2.05, 4.69) is 19.9 Å². The van der Waals surface area contributed by atoms with Crippen molar-refractivity contribution in [3.05, 3.63) is 11.8 Å². The fourth-order valence-corrected chi connectivity index (χ4v) is 7.61. The number of amides is 1. The Bertz CT molecular complexity index is 676. The van der Waals surface area contributed by atoms with Crippen molar-refractivity contribution in [3.8, 4) is 0 Å². The van der Waals surface area contributed by atoms with Crippen molar-refractivity contribution >= 4 is 11.9 Å². The molecule has 4 nitrogen and oxygen atoms in total. The average Bonchev–Trinajstić information content (AvgIpc) is 2.95. The number of nitrogens with zero attached hydrogens (tertiary/aromatic N) is 1. The topological polar surface area (TPSA) is 60.4 Å². The Labute approximate surface area is 185 Å². The van der Waals surface area contributed by atoms with E-state index in [-0.39, 0.29) is 58.1 Å². The van der Waals surface area contributed by atoms with Crippen molar-refractivity contribution in [1.82, 2.24) is 4.90 Å². The summed E-state index contributed by atoms with van der Waals surface area (Å²) in [6.07, 6.45) is 9.43.